The molecule has 0 aromatic carbocycles. The lowest BCUT2D eigenvalue weighted by molar-refractivity contribution is -0.134. The van der Waals surface area contributed by atoms with Crippen molar-refractivity contribution in [3.63, 3.8) is 0 Å². The maximum absolute atomic E-state index is 12.2. The molecule has 0 spiro atoms. The van der Waals surface area contributed by atoms with Crippen molar-refractivity contribution >= 4 is 17.7 Å². The predicted octanol–water partition coefficient (Wildman–Crippen LogP) is 1.11. The minimum Gasteiger partial charge on any atom is -0.349 e. The van der Waals surface area contributed by atoms with Crippen LogP contribution in [0.25, 0.3) is 0 Å². The summed E-state index contributed by atoms with van der Waals surface area (Å²) in [6, 6.07) is 1.42. The number of anilines is 1. The predicted molar refractivity (Wildman–Crippen MR) is 82.3 cm³/mol. The number of hydrogen-bond donors (Lipinski definition) is 1. The molecule has 7 nitrogen and oxygen atoms in total. The van der Waals surface area contributed by atoms with E-state index in [4.69, 9.17) is 4.52 Å². The zero-order valence-corrected chi connectivity index (χ0v) is 13.6. The highest BCUT2D eigenvalue weighted by molar-refractivity contribution is 5.93. The van der Waals surface area contributed by atoms with E-state index in [-0.39, 0.29) is 23.8 Å². The van der Waals surface area contributed by atoms with E-state index < -0.39 is 0 Å². The highest BCUT2D eigenvalue weighted by Crippen LogP contribution is 2.21. The van der Waals surface area contributed by atoms with Gasteiger partial charge in [0.25, 0.3) is 0 Å². The van der Waals surface area contributed by atoms with Crippen molar-refractivity contribution in [2.45, 2.75) is 32.7 Å². The number of nitrogens with zero attached hydrogens (tertiary/aromatic N) is 3. The fourth-order valence-corrected chi connectivity index (χ4v) is 2.71. The number of likely N-dealkylation sites (tertiary alicyclic amines) is 1. The summed E-state index contributed by atoms with van der Waals surface area (Å²) in [6.07, 6.45) is 1.58. The summed E-state index contributed by atoms with van der Waals surface area (Å²) in [5, 5.41) is 6.47. The fraction of sp³-hybridized carbons (Fsp3) is 0.667. The summed E-state index contributed by atoms with van der Waals surface area (Å²) in [4.78, 5) is 27.9. The van der Waals surface area contributed by atoms with Crippen LogP contribution in [0.3, 0.4) is 0 Å². The Bertz CT molecular complexity index is 533. The Labute approximate surface area is 130 Å². The van der Waals surface area contributed by atoms with Crippen molar-refractivity contribution in [3.8, 4) is 0 Å². The summed E-state index contributed by atoms with van der Waals surface area (Å²) in [5.41, 5.74) is 0.728. The van der Waals surface area contributed by atoms with Gasteiger partial charge in [-0.15, -0.1) is 0 Å². The monoisotopic (exact) mass is 308 g/mol. The average Bonchev–Trinajstić information content (AvgIpc) is 2.90. The van der Waals surface area contributed by atoms with Gasteiger partial charge in [0.2, 0.25) is 17.7 Å². The lowest BCUT2D eigenvalue weighted by atomic mass is 9.94. The van der Waals surface area contributed by atoms with Gasteiger partial charge in [0.15, 0.2) is 0 Å². The van der Waals surface area contributed by atoms with E-state index in [0.29, 0.717) is 5.88 Å². The van der Waals surface area contributed by atoms with Crippen LogP contribution in [0.15, 0.2) is 10.6 Å². The number of rotatable bonds is 4. The number of aromatic nitrogens is 1. The lowest BCUT2D eigenvalue weighted by Crippen LogP contribution is -2.48. The van der Waals surface area contributed by atoms with Gasteiger partial charge in [-0.1, -0.05) is 5.16 Å². The van der Waals surface area contributed by atoms with Crippen LogP contribution in [0.4, 0.5) is 5.88 Å². The molecule has 1 aromatic heterocycles. The summed E-state index contributed by atoms with van der Waals surface area (Å²) < 4.78 is 5.00. The van der Waals surface area contributed by atoms with E-state index >= 15 is 0 Å². The van der Waals surface area contributed by atoms with Crippen LogP contribution in [-0.4, -0.2) is 60.0 Å². The largest absolute Gasteiger partial charge is 0.349 e. The highest BCUT2D eigenvalue weighted by Gasteiger charge is 2.30. The van der Waals surface area contributed by atoms with Crippen LogP contribution >= 0.6 is 0 Å². The van der Waals surface area contributed by atoms with Crippen LogP contribution in [0.5, 0.6) is 0 Å². The molecule has 0 aliphatic carbocycles. The molecule has 0 unspecified atom stereocenters. The molecule has 1 aliphatic rings. The summed E-state index contributed by atoms with van der Waals surface area (Å²) in [5.74, 6) is 0.493. The van der Waals surface area contributed by atoms with Crippen LogP contribution in [0, 0.1) is 12.8 Å². The van der Waals surface area contributed by atoms with Crippen molar-refractivity contribution in [1.29, 1.82) is 0 Å². The first-order chi connectivity index (χ1) is 10.4. The Morgan fingerprint density at radius 1 is 1.41 bits per heavy atom. The van der Waals surface area contributed by atoms with Crippen LogP contribution in [0.2, 0.25) is 0 Å². The van der Waals surface area contributed by atoms with Crippen molar-refractivity contribution < 1.29 is 14.1 Å². The molecule has 0 bridgehead atoms. The van der Waals surface area contributed by atoms with E-state index in [2.05, 4.69) is 15.4 Å². The Balaban J connectivity index is 1.85. The SMILES string of the molecule is Cc1cc(NC(=O)[C@H](C)N2CCC(C(=O)N(C)C)CC2)on1. The quantitative estimate of drug-likeness (QED) is 0.901. The van der Waals surface area contributed by atoms with E-state index in [0.717, 1.165) is 31.6 Å². The van der Waals surface area contributed by atoms with Gasteiger partial charge in [-0.05, 0) is 39.8 Å². The van der Waals surface area contributed by atoms with Gasteiger partial charge < -0.3 is 9.42 Å². The van der Waals surface area contributed by atoms with E-state index in [1.807, 2.05) is 6.92 Å². The molecule has 1 saturated heterocycles. The van der Waals surface area contributed by atoms with Crippen LogP contribution in [-0.2, 0) is 9.59 Å². The van der Waals surface area contributed by atoms with Crippen molar-refractivity contribution in [1.82, 2.24) is 15.0 Å². The molecule has 0 radical (unpaired) electrons. The first kappa shape index (κ1) is 16.5. The van der Waals surface area contributed by atoms with E-state index in [1.54, 1.807) is 32.0 Å². The molecule has 2 heterocycles. The maximum atomic E-state index is 12.2. The van der Waals surface area contributed by atoms with Crippen molar-refractivity contribution in [3.05, 3.63) is 11.8 Å². The minimum atomic E-state index is -0.263. The number of carbonyl (C=O) groups is 2. The molecule has 122 valence electrons. The van der Waals surface area contributed by atoms with Gasteiger partial charge >= 0.3 is 0 Å². The van der Waals surface area contributed by atoms with Crippen molar-refractivity contribution in [2.24, 2.45) is 5.92 Å². The summed E-state index contributed by atoms with van der Waals surface area (Å²) in [7, 11) is 3.56. The number of amides is 2. The fourth-order valence-electron chi connectivity index (χ4n) is 2.71. The Hall–Kier alpha value is -1.89. The number of carbonyl (C=O) groups excluding carboxylic acids is 2. The molecular formula is C15H24N4O3. The van der Waals surface area contributed by atoms with E-state index in [1.165, 1.54) is 0 Å². The Morgan fingerprint density at radius 3 is 2.55 bits per heavy atom. The Kier molecular flexibility index (Phi) is 5.18. The highest BCUT2D eigenvalue weighted by atomic mass is 16.5. The normalized spacial score (nSPS) is 18.0. The number of aryl methyl sites for hydroxylation is 1. The van der Waals surface area contributed by atoms with Gasteiger partial charge in [0, 0.05) is 26.1 Å². The molecule has 7 heteroatoms. The molecule has 1 fully saturated rings. The van der Waals surface area contributed by atoms with Crippen LogP contribution in [0.1, 0.15) is 25.5 Å². The summed E-state index contributed by atoms with van der Waals surface area (Å²) >= 11 is 0. The first-order valence-corrected chi connectivity index (χ1v) is 7.58. The summed E-state index contributed by atoms with van der Waals surface area (Å²) in [6.45, 7) is 5.16. The molecular weight excluding hydrogens is 284 g/mol. The third-order valence-corrected chi connectivity index (χ3v) is 4.12. The minimum absolute atomic E-state index is 0.0680. The zero-order chi connectivity index (χ0) is 16.3. The van der Waals surface area contributed by atoms with Gasteiger partial charge in [-0.25, -0.2) is 0 Å². The van der Waals surface area contributed by atoms with Gasteiger partial charge in [0.05, 0.1) is 11.7 Å². The van der Waals surface area contributed by atoms with E-state index in [9.17, 15) is 9.59 Å². The molecule has 1 aliphatic heterocycles. The standard InChI is InChI=1S/C15H24N4O3/c1-10-9-13(22-17-10)16-14(20)11(2)19-7-5-12(6-8-19)15(21)18(3)4/h9,11-12H,5-8H2,1-4H3,(H,16,20)/t11-/m0/s1. The van der Waals surface area contributed by atoms with Crippen LogP contribution < -0.4 is 5.32 Å². The smallest absolute Gasteiger partial charge is 0.243 e. The topological polar surface area (TPSA) is 78.7 Å². The molecule has 22 heavy (non-hydrogen) atoms. The Morgan fingerprint density at radius 2 is 2.05 bits per heavy atom. The lowest BCUT2D eigenvalue weighted by Gasteiger charge is -2.35. The molecule has 2 amide bonds. The third kappa shape index (κ3) is 3.85. The zero-order valence-electron chi connectivity index (χ0n) is 13.6. The molecule has 1 atom stereocenters. The first-order valence-electron chi connectivity index (χ1n) is 7.58. The molecule has 0 saturated carbocycles. The second-order valence-electron chi connectivity index (χ2n) is 6.04. The third-order valence-electron chi connectivity index (χ3n) is 4.12. The van der Waals surface area contributed by atoms with Gasteiger partial charge in [0.1, 0.15) is 0 Å². The number of nitrogens with one attached hydrogen (secondary N) is 1. The molecule has 1 N–H and O–H groups in total. The molecule has 1 aromatic rings. The van der Waals surface area contributed by atoms with Gasteiger partial charge in [-0.2, -0.15) is 0 Å². The molecule has 2 rings (SSSR count). The van der Waals surface area contributed by atoms with Gasteiger partial charge in [-0.3, -0.25) is 19.8 Å². The maximum Gasteiger partial charge on any atom is 0.243 e. The number of piperidine rings is 1. The second-order valence-corrected chi connectivity index (χ2v) is 6.04. The number of hydrogen-bond acceptors (Lipinski definition) is 5. The second kappa shape index (κ2) is 6.91. The average molecular weight is 308 g/mol. The van der Waals surface area contributed by atoms with Crippen molar-refractivity contribution in [2.75, 3.05) is 32.5 Å².